The number of carbonyl (C=O) groups excluding carboxylic acids is 2. The minimum absolute atomic E-state index is 0.00773. The van der Waals surface area contributed by atoms with E-state index in [4.69, 9.17) is 9.56 Å². The van der Waals surface area contributed by atoms with E-state index in [0.717, 1.165) is 0 Å². The van der Waals surface area contributed by atoms with E-state index in [1.165, 1.54) is 18.2 Å². The second-order valence-electron chi connectivity index (χ2n) is 5.19. The number of halogens is 1. The maximum atomic E-state index is 11.9. The fourth-order valence-corrected chi connectivity index (χ4v) is 2.83. The Morgan fingerprint density at radius 3 is 2.36 bits per heavy atom. The van der Waals surface area contributed by atoms with Gasteiger partial charge in [-0.1, -0.05) is 12.1 Å². The van der Waals surface area contributed by atoms with Gasteiger partial charge in [-0.3, -0.25) is 9.59 Å². The molecule has 0 aliphatic carbocycles. The zero-order valence-corrected chi connectivity index (χ0v) is 15.6. The Labute approximate surface area is 152 Å². The van der Waals surface area contributed by atoms with Crippen molar-refractivity contribution in [2.24, 2.45) is 5.14 Å². The summed E-state index contributed by atoms with van der Waals surface area (Å²) in [6.45, 7) is 1.51. The molecule has 0 radical (unpaired) electrons. The summed E-state index contributed by atoms with van der Waals surface area (Å²) in [7, 11) is -3.76. The fourth-order valence-electron chi connectivity index (χ4n) is 2.01. The number of rotatable bonds is 6. The van der Waals surface area contributed by atoms with Crippen LogP contribution < -0.4 is 15.8 Å². The van der Waals surface area contributed by atoms with Crippen LogP contribution in [0, 0.1) is 0 Å². The summed E-state index contributed by atoms with van der Waals surface area (Å²) in [6.07, 6.45) is 0. The normalized spacial score (nSPS) is 12.4. The molecular weight excluding hydrogens is 414 g/mol. The van der Waals surface area contributed by atoms with Gasteiger partial charge in [0.2, 0.25) is 15.9 Å². The number of carbonyl (C=O) groups is 2. The lowest BCUT2D eigenvalue weighted by molar-refractivity contribution is -0.120. The van der Waals surface area contributed by atoms with Crippen LogP contribution in [-0.2, 0) is 14.8 Å². The molecule has 0 saturated carbocycles. The Kier molecular flexibility index (Phi) is 5.98. The van der Waals surface area contributed by atoms with Crippen LogP contribution >= 0.6 is 15.9 Å². The number of amides is 2. The van der Waals surface area contributed by atoms with Crippen LogP contribution in [0.1, 0.15) is 29.1 Å². The molecule has 1 heterocycles. The summed E-state index contributed by atoms with van der Waals surface area (Å²) in [5, 5.41) is 10.2. The summed E-state index contributed by atoms with van der Waals surface area (Å²) in [5.41, 5.74) is 0.696. The molecule has 2 rings (SSSR count). The van der Waals surface area contributed by atoms with E-state index in [1.54, 1.807) is 25.1 Å². The van der Waals surface area contributed by atoms with Gasteiger partial charge in [-0.05, 0) is 52.7 Å². The molecular formula is C15H16BrN3O5S. The number of hydrogen-bond donors (Lipinski definition) is 3. The van der Waals surface area contributed by atoms with Crippen molar-refractivity contribution >= 4 is 37.8 Å². The highest BCUT2D eigenvalue weighted by molar-refractivity contribution is 9.10. The maximum Gasteiger partial charge on any atom is 0.287 e. The minimum Gasteiger partial charge on any atom is -0.444 e. The molecule has 8 nitrogen and oxygen atoms in total. The average Bonchev–Trinajstić information content (AvgIpc) is 2.98. The number of nitrogens with two attached hydrogens (primary N) is 1. The lowest BCUT2D eigenvalue weighted by Gasteiger charge is -2.15. The fraction of sp³-hybridized carbons (Fsp3) is 0.200. The van der Waals surface area contributed by atoms with Crippen LogP contribution in [0.5, 0.6) is 0 Å². The predicted octanol–water partition coefficient (Wildman–Crippen LogP) is 1.30. The van der Waals surface area contributed by atoms with Gasteiger partial charge in [0.1, 0.15) is 0 Å². The van der Waals surface area contributed by atoms with Crippen LogP contribution in [0.4, 0.5) is 0 Å². The molecule has 0 bridgehead atoms. The van der Waals surface area contributed by atoms with Gasteiger partial charge in [0, 0.05) is 0 Å². The van der Waals surface area contributed by atoms with Crippen molar-refractivity contribution in [3.8, 4) is 0 Å². The summed E-state index contributed by atoms with van der Waals surface area (Å²) >= 11 is 3.08. The van der Waals surface area contributed by atoms with Crippen molar-refractivity contribution in [2.75, 3.05) is 6.54 Å². The third kappa shape index (κ3) is 5.41. The molecule has 2 aromatic rings. The Bertz CT molecular complexity index is 877. The van der Waals surface area contributed by atoms with Gasteiger partial charge in [0.25, 0.3) is 5.91 Å². The lowest BCUT2D eigenvalue weighted by Crippen LogP contribution is -2.37. The van der Waals surface area contributed by atoms with Crippen molar-refractivity contribution in [3.05, 3.63) is 52.4 Å². The Morgan fingerprint density at radius 2 is 1.84 bits per heavy atom. The first-order valence-electron chi connectivity index (χ1n) is 7.12. The van der Waals surface area contributed by atoms with E-state index in [0.29, 0.717) is 10.2 Å². The highest BCUT2D eigenvalue weighted by Crippen LogP contribution is 2.15. The van der Waals surface area contributed by atoms with Gasteiger partial charge >= 0.3 is 0 Å². The van der Waals surface area contributed by atoms with E-state index >= 15 is 0 Å². The van der Waals surface area contributed by atoms with E-state index in [1.807, 2.05) is 0 Å². The maximum absolute atomic E-state index is 11.9. The zero-order valence-electron chi connectivity index (χ0n) is 13.2. The number of hydrogen-bond acceptors (Lipinski definition) is 5. The molecule has 134 valence electrons. The quantitative estimate of drug-likeness (QED) is 0.636. The molecule has 25 heavy (non-hydrogen) atoms. The molecule has 0 fully saturated rings. The number of benzene rings is 1. The molecule has 1 aromatic heterocycles. The van der Waals surface area contributed by atoms with Crippen molar-refractivity contribution in [2.45, 2.75) is 17.9 Å². The highest BCUT2D eigenvalue weighted by Gasteiger charge is 2.14. The van der Waals surface area contributed by atoms with Crippen molar-refractivity contribution < 1.29 is 22.4 Å². The van der Waals surface area contributed by atoms with Crippen molar-refractivity contribution in [3.63, 3.8) is 0 Å². The third-order valence-electron chi connectivity index (χ3n) is 3.29. The molecule has 0 spiro atoms. The Balaban J connectivity index is 1.88. The molecule has 0 saturated heterocycles. The molecule has 2 amide bonds. The lowest BCUT2D eigenvalue weighted by atomic mass is 10.1. The van der Waals surface area contributed by atoms with Gasteiger partial charge in [-0.2, -0.15) is 0 Å². The van der Waals surface area contributed by atoms with E-state index in [-0.39, 0.29) is 23.2 Å². The molecule has 1 unspecified atom stereocenters. The van der Waals surface area contributed by atoms with Crippen LogP contribution in [0.25, 0.3) is 0 Å². The SMILES string of the molecule is CC(NC(=O)CNC(=O)c1ccc(Br)o1)c1ccc(S(N)(=O)=O)cc1. The first kappa shape index (κ1) is 19.2. The number of nitrogens with one attached hydrogen (secondary N) is 2. The third-order valence-corrected chi connectivity index (χ3v) is 4.65. The standard InChI is InChI=1S/C15H16BrN3O5S/c1-9(10-2-4-11(5-3-10)25(17,22)23)19-14(20)8-18-15(21)12-6-7-13(16)24-12/h2-7,9H,8H2,1H3,(H,18,21)(H,19,20)(H2,17,22,23). The van der Waals surface area contributed by atoms with Crippen LogP contribution in [-0.4, -0.2) is 26.8 Å². The molecule has 1 atom stereocenters. The molecule has 1 aromatic carbocycles. The van der Waals surface area contributed by atoms with Gasteiger partial charge in [-0.15, -0.1) is 0 Å². The van der Waals surface area contributed by atoms with E-state index in [9.17, 15) is 18.0 Å². The van der Waals surface area contributed by atoms with E-state index < -0.39 is 21.8 Å². The number of furan rings is 1. The molecule has 4 N–H and O–H groups in total. The largest absolute Gasteiger partial charge is 0.444 e. The van der Waals surface area contributed by atoms with Crippen LogP contribution in [0.15, 0.2) is 50.4 Å². The van der Waals surface area contributed by atoms with E-state index in [2.05, 4.69) is 26.6 Å². The zero-order chi connectivity index (χ0) is 18.6. The van der Waals surface area contributed by atoms with Gasteiger partial charge in [0.05, 0.1) is 17.5 Å². The summed E-state index contributed by atoms with van der Waals surface area (Å²) < 4.78 is 27.9. The monoisotopic (exact) mass is 429 g/mol. The molecule has 10 heteroatoms. The van der Waals surface area contributed by atoms with Crippen molar-refractivity contribution in [1.82, 2.24) is 10.6 Å². The number of sulfonamides is 1. The first-order chi connectivity index (χ1) is 11.7. The topological polar surface area (TPSA) is 132 Å². The van der Waals surface area contributed by atoms with Crippen LogP contribution in [0.2, 0.25) is 0 Å². The molecule has 0 aliphatic heterocycles. The Hall–Kier alpha value is -2.17. The van der Waals surface area contributed by atoms with Gasteiger partial charge in [-0.25, -0.2) is 13.6 Å². The summed E-state index contributed by atoms with van der Waals surface area (Å²) in [5.74, 6) is -0.820. The van der Waals surface area contributed by atoms with Crippen molar-refractivity contribution in [1.29, 1.82) is 0 Å². The minimum atomic E-state index is -3.76. The molecule has 0 aliphatic rings. The second kappa shape index (κ2) is 7.81. The average molecular weight is 430 g/mol. The smallest absolute Gasteiger partial charge is 0.287 e. The first-order valence-corrected chi connectivity index (χ1v) is 9.46. The summed E-state index contributed by atoms with van der Waals surface area (Å²) in [4.78, 5) is 23.7. The second-order valence-corrected chi connectivity index (χ2v) is 7.53. The van der Waals surface area contributed by atoms with Crippen LogP contribution in [0.3, 0.4) is 0 Å². The van der Waals surface area contributed by atoms with Gasteiger partial charge in [0.15, 0.2) is 10.4 Å². The Morgan fingerprint density at radius 1 is 1.20 bits per heavy atom. The number of primary sulfonamides is 1. The highest BCUT2D eigenvalue weighted by atomic mass is 79.9. The summed E-state index contributed by atoms with van der Waals surface area (Å²) in [6, 6.07) is 8.52. The van der Waals surface area contributed by atoms with Gasteiger partial charge < -0.3 is 15.1 Å². The predicted molar refractivity (Wildman–Crippen MR) is 93.1 cm³/mol.